The fourth-order valence-electron chi connectivity index (χ4n) is 5.09. The lowest BCUT2D eigenvalue weighted by Gasteiger charge is -2.27. The van der Waals surface area contributed by atoms with Gasteiger partial charge in [-0.3, -0.25) is 0 Å². The molecule has 1 fully saturated rings. The van der Waals surface area contributed by atoms with Crippen LogP contribution in [-0.2, 0) is 85.3 Å². The summed E-state index contributed by atoms with van der Waals surface area (Å²) < 4.78 is 106. The summed E-state index contributed by atoms with van der Waals surface area (Å²) >= 11 is 0. The molecule has 0 aromatic heterocycles. The summed E-state index contributed by atoms with van der Waals surface area (Å²) in [5, 5.41) is 0. The highest BCUT2D eigenvalue weighted by Gasteiger charge is 2.24. The summed E-state index contributed by atoms with van der Waals surface area (Å²) in [4.78, 5) is 0. The Labute approximate surface area is 348 Å². The Morgan fingerprint density at radius 2 is 0.828 bits per heavy atom. The molecule has 11 atom stereocenters. The van der Waals surface area contributed by atoms with E-state index in [2.05, 4.69) is 0 Å². The van der Waals surface area contributed by atoms with Gasteiger partial charge >= 0.3 is 0 Å². The average molecular weight is 849 g/mol. The minimum Gasteiger partial charge on any atom is -0.382 e. The van der Waals surface area contributed by atoms with Crippen LogP contribution in [0.15, 0.2) is 0 Å². The van der Waals surface area contributed by atoms with Gasteiger partial charge in [-0.1, -0.05) is 0 Å². The van der Waals surface area contributed by atoms with E-state index in [1.54, 1.807) is 49.8 Å². The van der Waals surface area contributed by atoms with Gasteiger partial charge in [0.1, 0.15) is 42.7 Å². The third-order valence-corrected chi connectivity index (χ3v) is 8.83. The average Bonchev–Trinajstić information content (AvgIpc) is 3.22. The summed E-state index contributed by atoms with van der Waals surface area (Å²) in [6.07, 6.45) is -3.35. The number of ether oxygens (including phenoxy) is 18. The molecule has 58 heavy (non-hydrogen) atoms. The SMILES string of the molecule is COCC(COCC1COCC(OCC(C)OCC(C)OC)COC(COC)COC(COC)COC(COCC(C)OC)COC(COC)CO1)OCC(C)OC. The lowest BCUT2D eigenvalue weighted by Crippen LogP contribution is -2.38. The van der Waals surface area contributed by atoms with Crippen LogP contribution in [0.5, 0.6) is 0 Å². The van der Waals surface area contributed by atoms with Crippen molar-refractivity contribution in [3.8, 4) is 0 Å². The van der Waals surface area contributed by atoms with Crippen LogP contribution < -0.4 is 0 Å². The van der Waals surface area contributed by atoms with E-state index in [0.29, 0.717) is 39.6 Å². The van der Waals surface area contributed by atoms with Gasteiger partial charge in [0, 0.05) is 49.8 Å². The molecule has 0 radical (unpaired) electrons. The van der Waals surface area contributed by atoms with Crippen molar-refractivity contribution in [2.24, 2.45) is 0 Å². The molecule has 1 aliphatic heterocycles. The van der Waals surface area contributed by atoms with Gasteiger partial charge < -0.3 is 85.3 Å². The van der Waals surface area contributed by atoms with Crippen molar-refractivity contribution in [2.75, 3.05) is 169 Å². The normalized spacial score (nSPS) is 26.5. The van der Waals surface area contributed by atoms with Gasteiger partial charge in [-0.2, -0.15) is 0 Å². The Bertz CT molecular complexity index is 895. The smallest absolute Gasteiger partial charge is 0.104 e. The van der Waals surface area contributed by atoms with Gasteiger partial charge in [-0.15, -0.1) is 0 Å². The highest BCUT2D eigenvalue weighted by Crippen LogP contribution is 2.11. The largest absolute Gasteiger partial charge is 0.382 e. The molecule has 11 unspecified atom stereocenters. The summed E-state index contributed by atoms with van der Waals surface area (Å²) in [5.74, 6) is 0. The fraction of sp³-hybridized carbons (Fsp3) is 1.00. The highest BCUT2D eigenvalue weighted by atomic mass is 16.6. The maximum atomic E-state index is 6.40. The van der Waals surface area contributed by atoms with Crippen molar-refractivity contribution in [2.45, 2.75) is 94.8 Å². The van der Waals surface area contributed by atoms with Gasteiger partial charge in [0.05, 0.1) is 143 Å². The second-order valence-corrected chi connectivity index (χ2v) is 14.4. The van der Waals surface area contributed by atoms with E-state index in [9.17, 15) is 0 Å². The predicted octanol–water partition coefficient (Wildman–Crippen LogP) is 1.84. The molecule has 0 aromatic carbocycles. The molecule has 0 aliphatic carbocycles. The van der Waals surface area contributed by atoms with E-state index in [4.69, 9.17) is 85.3 Å². The molecule has 1 aliphatic rings. The molecule has 1 saturated heterocycles. The molecule has 1 rings (SSSR count). The maximum absolute atomic E-state index is 6.40. The lowest BCUT2D eigenvalue weighted by molar-refractivity contribution is -0.148. The van der Waals surface area contributed by atoms with E-state index in [-0.39, 0.29) is 110 Å². The Morgan fingerprint density at radius 3 is 1.31 bits per heavy atom. The number of rotatable bonds is 28. The van der Waals surface area contributed by atoms with E-state index in [0.717, 1.165) is 0 Å². The lowest BCUT2D eigenvalue weighted by atomic mass is 10.3. The number of hydrogen-bond acceptors (Lipinski definition) is 18. The second kappa shape index (κ2) is 36.9. The van der Waals surface area contributed by atoms with Crippen LogP contribution >= 0.6 is 0 Å². The quantitative estimate of drug-likeness (QED) is 0.112. The van der Waals surface area contributed by atoms with Gasteiger partial charge in [-0.25, -0.2) is 0 Å². The topological polar surface area (TPSA) is 166 Å². The minimum absolute atomic E-state index is 0.0427. The maximum Gasteiger partial charge on any atom is 0.104 e. The van der Waals surface area contributed by atoms with Crippen LogP contribution in [0, 0.1) is 0 Å². The zero-order valence-corrected chi connectivity index (χ0v) is 37.4. The summed E-state index contributed by atoms with van der Waals surface area (Å²) in [6.45, 7) is 12.7. The monoisotopic (exact) mass is 849 g/mol. The van der Waals surface area contributed by atoms with Crippen LogP contribution in [0.25, 0.3) is 0 Å². The molecule has 348 valence electrons. The minimum atomic E-state index is -0.485. The first kappa shape index (κ1) is 55.3. The van der Waals surface area contributed by atoms with E-state index in [1.807, 2.05) is 27.7 Å². The third kappa shape index (κ3) is 28.7. The second-order valence-electron chi connectivity index (χ2n) is 14.4. The zero-order chi connectivity index (χ0) is 42.8. The fourth-order valence-corrected chi connectivity index (χ4v) is 5.09. The van der Waals surface area contributed by atoms with Crippen LogP contribution in [0.2, 0.25) is 0 Å². The van der Waals surface area contributed by atoms with Gasteiger partial charge in [0.2, 0.25) is 0 Å². The van der Waals surface area contributed by atoms with Crippen molar-refractivity contribution in [3.63, 3.8) is 0 Å². The number of hydrogen-bond donors (Lipinski definition) is 0. The molecule has 0 amide bonds. The predicted molar refractivity (Wildman–Crippen MR) is 213 cm³/mol. The summed E-state index contributed by atoms with van der Waals surface area (Å²) in [5.41, 5.74) is 0. The first-order chi connectivity index (χ1) is 28.1. The molecule has 0 bridgehead atoms. The third-order valence-electron chi connectivity index (χ3n) is 8.83. The van der Waals surface area contributed by atoms with Gasteiger partial charge in [0.25, 0.3) is 0 Å². The highest BCUT2D eigenvalue weighted by molar-refractivity contribution is 4.69. The van der Waals surface area contributed by atoms with Crippen LogP contribution in [0.3, 0.4) is 0 Å². The van der Waals surface area contributed by atoms with Crippen molar-refractivity contribution >= 4 is 0 Å². The molecular formula is C40H80O18. The molecule has 0 aromatic rings. The van der Waals surface area contributed by atoms with Crippen molar-refractivity contribution < 1.29 is 85.3 Å². The standard InChI is InChI=1S/C40H80O18/c1-30(45-9)12-48-23-40-29-56-36(18-43-7)26-57-38(21-49-20-34(16-41-5)52-14-32(3)47-11)22-50-24-39(53-15-33(4)51-13-31(2)46-10)28-55-35(17-42-6)25-54-37(19-44-8)27-58-40/h30-40H,12-29H2,1-11H3. The Hall–Kier alpha value is -0.720. The van der Waals surface area contributed by atoms with Crippen molar-refractivity contribution in [3.05, 3.63) is 0 Å². The Morgan fingerprint density at radius 1 is 0.397 bits per heavy atom. The molecule has 0 saturated carbocycles. The molecule has 0 spiro atoms. The van der Waals surface area contributed by atoms with E-state index >= 15 is 0 Å². The molecule has 18 nitrogen and oxygen atoms in total. The van der Waals surface area contributed by atoms with Crippen LogP contribution in [0.4, 0.5) is 0 Å². The first-order valence-corrected chi connectivity index (χ1v) is 20.3. The Balaban J connectivity index is 3.27. The molecule has 18 heteroatoms. The van der Waals surface area contributed by atoms with Crippen LogP contribution in [-0.4, -0.2) is 236 Å². The van der Waals surface area contributed by atoms with Crippen molar-refractivity contribution in [1.29, 1.82) is 0 Å². The summed E-state index contributed by atoms with van der Waals surface area (Å²) in [7, 11) is 11.4. The Kier molecular flexibility index (Phi) is 35.2. The van der Waals surface area contributed by atoms with E-state index < -0.39 is 36.6 Å². The summed E-state index contributed by atoms with van der Waals surface area (Å²) in [6, 6.07) is 0. The van der Waals surface area contributed by atoms with Gasteiger partial charge in [-0.05, 0) is 27.7 Å². The molecular weight excluding hydrogens is 768 g/mol. The first-order valence-electron chi connectivity index (χ1n) is 20.3. The molecule has 1 heterocycles. The zero-order valence-electron chi connectivity index (χ0n) is 37.4. The van der Waals surface area contributed by atoms with E-state index in [1.165, 1.54) is 0 Å². The molecule has 0 N–H and O–H groups in total. The van der Waals surface area contributed by atoms with Crippen LogP contribution in [0.1, 0.15) is 27.7 Å². The van der Waals surface area contributed by atoms with Crippen molar-refractivity contribution in [1.82, 2.24) is 0 Å². The number of methoxy groups -OCH3 is 7. The van der Waals surface area contributed by atoms with Gasteiger partial charge in [0.15, 0.2) is 0 Å².